The van der Waals surface area contributed by atoms with Gasteiger partial charge in [-0.25, -0.2) is 10.9 Å². The first kappa shape index (κ1) is 18.9. The number of nitrogens with zero attached hydrogens (tertiary/aromatic N) is 1. The van der Waals surface area contributed by atoms with Gasteiger partial charge >= 0.3 is 0 Å². The first-order valence-electron chi connectivity index (χ1n) is 9.81. The topological polar surface area (TPSA) is 73.8 Å². The first-order chi connectivity index (χ1) is 13.6. The number of benzene rings is 2. The Morgan fingerprint density at radius 1 is 1.07 bits per heavy atom. The van der Waals surface area contributed by atoms with Gasteiger partial charge in [0.05, 0.1) is 5.60 Å². The standard InChI is InChI=1S/C22H27N3O3/c1-28-22(17-5-3-2-4-6-17)11-13-25(14-12-22)21(27)20-15-19(23-24-20)16-7-9-18(26)10-8-16/h2-10,19-20,23-24,26H,11-15H2,1H3. The summed E-state index contributed by atoms with van der Waals surface area (Å²) in [6.45, 7) is 1.37. The second-order valence-electron chi connectivity index (χ2n) is 7.61. The Hall–Kier alpha value is -2.41. The summed E-state index contributed by atoms with van der Waals surface area (Å²) in [5, 5.41) is 9.45. The predicted octanol–water partition coefficient (Wildman–Crippen LogP) is 2.46. The molecule has 2 aliphatic rings. The van der Waals surface area contributed by atoms with Crippen molar-refractivity contribution in [2.24, 2.45) is 0 Å². The molecule has 6 nitrogen and oxygen atoms in total. The van der Waals surface area contributed by atoms with Crippen molar-refractivity contribution in [1.82, 2.24) is 15.8 Å². The van der Waals surface area contributed by atoms with Crippen LogP contribution in [-0.2, 0) is 15.1 Å². The Morgan fingerprint density at radius 3 is 2.39 bits per heavy atom. The van der Waals surface area contributed by atoms with Crippen LogP contribution in [0.5, 0.6) is 5.75 Å². The summed E-state index contributed by atoms with van der Waals surface area (Å²) in [7, 11) is 1.76. The number of hydrogen-bond acceptors (Lipinski definition) is 5. The quantitative estimate of drug-likeness (QED) is 0.759. The fourth-order valence-corrected chi connectivity index (χ4v) is 4.30. The number of phenolic OH excluding ortho intramolecular Hbond substituents is 1. The molecule has 0 saturated carbocycles. The summed E-state index contributed by atoms with van der Waals surface area (Å²) in [6.07, 6.45) is 2.27. The maximum Gasteiger partial charge on any atom is 0.241 e. The summed E-state index contributed by atoms with van der Waals surface area (Å²) in [4.78, 5) is 15.0. The van der Waals surface area contributed by atoms with Crippen molar-refractivity contribution in [2.45, 2.75) is 36.9 Å². The van der Waals surface area contributed by atoms with E-state index in [0.29, 0.717) is 19.5 Å². The number of piperidine rings is 1. The predicted molar refractivity (Wildman–Crippen MR) is 106 cm³/mol. The number of rotatable bonds is 4. The molecule has 2 aliphatic heterocycles. The van der Waals surface area contributed by atoms with E-state index in [0.717, 1.165) is 18.4 Å². The molecule has 3 N–H and O–H groups in total. The molecule has 4 rings (SSSR count). The average Bonchev–Trinajstić information content (AvgIpc) is 3.25. The molecule has 2 unspecified atom stereocenters. The molecule has 148 valence electrons. The molecule has 2 aromatic carbocycles. The number of likely N-dealkylation sites (tertiary alicyclic amines) is 1. The number of hydrazine groups is 1. The Kier molecular flexibility index (Phi) is 5.35. The highest BCUT2D eigenvalue weighted by Gasteiger charge is 2.40. The van der Waals surface area contributed by atoms with Crippen LogP contribution in [0.2, 0.25) is 0 Å². The number of ether oxygens (including phenoxy) is 1. The normalized spacial score (nSPS) is 24.2. The molecule has 0 radical (unpaired) electrons. The molecule has 0 bridgehead atoms. The highest BCUT2D eigenvalue weighted by atomic mass is 16.5. The van der Waals surface area contributed by atoms with E-state index in [-0.39, 0.29) is 29.3 Å². The second-order valence-corrected chi connectivity index (χ2v) is 7.61. The van der Waals surface area contributed by atoms with Crippen LogP contribution in [0.1, 0.15) is 36.4 Å². The van der Waals surface area contributed by atoms with Crippen LogP contribution in [0, 0.1) is 0 Å². The van der Waals surface area contributed by atoms with Crippen LogP contribution >= 0.6 is 0 Å². The zero-order valence-corrected chi connectivity index (χ0v) is 16.1. The Bertz CT molecular complexity index is 802. The molecule has 0 aliphatic carbocycles. The lowest BCUT2D eigenvalue weighted by atomic mass is 9.84. The lowest BCUT2D eigenvalue weighted by Gasteiger charge is -2.41. The van der Waals surface area contributed by atoms with Crippen LogP contribution in [0.25, 0.3) is 0 Å². The summed E-state index contributed by atoms with van der Waals surface area (Å²) < 4.78 is 5.92. The number of nitrogens with one attached hydrogen (secondary N) is 2. The Morgan fingerprint density at radius 2 is 1.75 bits per heavy atom. The molecular formula is C22H27N3O3. The number of phenols is 1. The highest BCUT2D eigenvalue weighted by molar-refractivity contribution is 5.82. The SMILES string of the molecule is COC1(c2ccccc2)CCN(C(=O)C2CC(c3ccc(O)cc3)NN2)CC1. The zero-order chi connectivity index (χ0) is 19.6. The van der Waals surface area contributed by atoms with Crippen molar-refractivity contribution in [3.8, 4) is 5.75 Å². The van der Waals surface area contributed by atoms with Crippen molar-refractivity contribution in [2.75, 3.05) is 20.2 Å². The summed E-state index contributed by atoms with van der Waals surface area (Å²) in [6, 6.07) is 17.2. The van der Waals surface area contributed by atoms with Gasteiger partial charge in [-0.15, -0.1) is 0 Å². The van der Waals surface area contributed by atoms with Crippen molar-refractivity contribution in [3.05, 3.63) is 65.7 Å². The van der Waals surface area contributed by atoms with E-state index in [1.807, 2.05) is 35.2 Å². The van der Waals surface area contributed by atoms with Crippen molar-refractivity contribution in [1.29, 1.82) is 0 Å². The number of carbonyl (C=O) groups is 1. The van der Waals surface area contributed by atoms with E-state index in [9.17, 15) is 9.90 Å². The Labute approximate surface area is 165 Å². The molecule has 2 saturated heterocycles. The van der Waals surface area contributed by atoms with Gasteiger partial charge in [-0.3, -0.25) is 4.79 Å². The molecule has 0 aromatic heterocycles. The molecule has 2 heterocycles. The molecule has 1 amide bonds. The average molecular weight is 381 g/mol. The zero-order valence-electron chi connectivity index (χ0n) is 16.1. The van der Waals surface area contributed by atoms with Gasteiger partial charge in [-0.05, 0) is 42.5 Å². The van der Waals surface area contributed by atoms with Gasteiger partial charge in [0, 0.05) is 26.2 Å². The number of amides is 1. The Balaban J connectivity index is 1.37. The molecule has 2 fully saturated rings. The smallest absolute Gasteiger partial charge is 0.241 e. The molecule has 0 spiro atoms. The van der Waals surface area contributed by atoms with E-state index in [4.69, 9.17) is 4.74 Å². The third kappa shape index (κ3) is 3.63. The van der Waals surface area contributed by atoms with Crippen LogP contribution < -0.4 is 10.9 Å². The number of aromatic hydroxyl groups is 1. The highest BCUT2D eigenvalue weighted by Crippen LogP contribution is 2.36. The second kappa shape index (κ2) is 7.91. The fourth-order valence-electron chi connectivity index (χ4n) is 4.30. The minimum Gasteiger partial charge on any atom is -0.508 e. The number of hydrogen-bond donors (Lipinski definition) is 3. The lowest BCUT2D eigenvalue weighted by Crippen LogP contribution is -2.51. The summed E-state index contributed by atoms with van der Waals surface area (Å²) in [5.41, 5.74) is 8.28. The van der Waals surface area contributed by atoms with Crippen molar-refractivity contribution < 1.29 is 14.6 Å². The maximum absolute atomic E-state index is 13.0. The summed E-state index contributed by atoms with van der Waals surface area (Å²) in [5.74, 6) is 0.377. The third-order valence-corrected chi connectivity index (χ3v) is 6.07. The van der Waals surface area contributed by atoms with Gasteiger partial charge < -0.3 is 14.7 Å². The van der Waals surface area contributed by atoms with Crippen molar-refractivity contribution in [3.63, 3.8) is 0 Å². The minimum atomic E-state index is -0.312. The fraction of sp³-hybridized carbons (Fsp3) is 0.409. The van der Waals surface area contributed by atoms with Crippen LogP contribution in [0.4, 0.5) is 0 Å². The maximum atomic E-state index is 13.0. The molecular weight excluding hydrogens is 354 g/mol. The van der Waals surface area contributed by atoms with Gasteiger partial charge in [-0.1, -0.05) is 42.5 Å². The van der Waals surface area contributed by atoms with E-state index in [2.05, 4.69) is 23.0 Å². The molecule has 6 heteroatoms. The van der Waals surface area contributed by atoms with Crippen LogP contribution in [-0.4, -0.2) is 42.2 Å². The van der Waals surface area contributed by atoms with E-state index in [1.54, 1.807) is 19.2 Å². The third-order valence-electron chi connectivity index (χ3n) is 6.07. The number of methoxy groups -OCH3 is 1. The lowest BCUT2D eigenvalue weighted by molar-refractivity contribution is -0.139. The van der Waals surface area contributed by atoms with E-state index >= 15 is 0 Å². The van der Waals surface area contributed by atoms with E-state index < -0.39 is 0 Å². The van der Waals surface area contributed by atoms with Crippen LogP contribution in [0.3, 0.4) is 0 Å². The van der Waals surface area contributed by atoms with E-state index in [1.165, 1.54) is 5.56 Å². The van der Waals surface area contributed by atoms with Crippen LogP contribution in [0.15, 0.2) is 54.6 Å². The molecule has 2 atom stereocenters. The molecule has 28 heavy (non-hydrogen) atoms. The summed E-state index contributed by atoms with van der Waals surface area (Å²) >= 11 is 0. The van der Waals surface area contributed by atoms with Gasteiger partial charge in [0.1, 0.15) is 11.8 Å². The number of carbonyl (C=O) groups excluding carboxylic acids is 1. The monoisotopic (exact) mass is 381 g/mol. The van der Waals surface area contributed by atoms with Crippen molar-refractivity contribution >= 4 is 5.91 Å². The molecule has 2 aromatic rings. The van der Waals surface area contributed by atoms with Gasteiger partial charge in [0.15, 0.2) is 0 Å². The van der Waals surface area contributed by atoms with Gasteiger partial charge in [0.2, 0.25) is 5.91 Å². The van der Waals surface area contributed by atoms with Gasteiger partial charge in [-0.2, -0.15) is 0 Å². The largest absolute Gasteiger partial charge is 0.508 e. The van der Waals surface area contributed by atoms with Gasteiger partial charge in [0.25, 0.3) is 0 Å². The minimum absolute atomic E-state index is 0.0572. The first-order valence-corrected chi connectivity index (χ1v) is 9.81.